The molecule has 2 unspecified atom stereocenters. The van der Waals surface area contributed by atoms with Gasteiger partial charge in [-0.3, -0.25) is 9.88 Å². The molecule has 2 saturated heterocycles. The molecule has 21 heavy (non-hydrogen) atoms. The molecule has 2 fully saturated rings. The normalized spacial score (nSPS) is 28.2. The van der Waals surface area contributed by atoms with Crippen LogP contribution in [0, 0.1) is 0 Å². The second-order valence-corrected chi connectivity index (χ2v) is 6.60. The van der Waals surface area contributed by atoms with Crippen molar-refractivity contribution in [2.24, 2.45) is 5.73 Å². The summed E-state index contributed by atoms with van der Waals surface area (Å²) in [5.41, 5.74) is 8.31. The van der Waals surface area contributed by atoms with Crippen LogP contribution < -0.4 is 10.6 Å². The van der Waals surface area contributed by atoms with Gasteiger partial charge in [0, 0.05) is 31.2 Å². The average Bonchev–Trinajstić information content (AvgIpc) is 2.53. The molecule has 3 heterocycles. The summed E-state index contributed by atoms with van der Waals surface area (Å²) in [4.78, 5) is 9.79. The van der Waals surface area contributed by atoms with Crippen molar-refractivity contribution in [3.8, 4) is 0 Å². The number of aromatic nitrogens is 1. The Morgan fingerprint density at radius 2 is 2.19 bits per heavy atom. The standard InChI is InChI=1S/C17H28N4/c1-3-16(18)17-8-7-14(10-19-17)21-12-15-6-4-5-9-20(15)11-13(21)2/h7-8,10,13,15-16H,3-6,9,11-12,18H2,1-2H3/t13?,15?,16-/m1/s1. The summed E-state index contributed by atoms with van der Waals surface area (Å²) >= 11 is 0. The number of hydrogen-bond donors (Lipinski definition) is 1. The zero-order valence-corrected chi connectivity index (χ0v) is 13.3. The molecule has 0 saturated carbocycles. The van der Waals surface area contributed by atoms with Crippen LogP contribution in [0.1, 0.15) is 51.3 Å². The monoisotopic (exact) mass is 288 g/mol. The molecular weight excluding hydrogens is 260 g/mol. The highest BCUT2D eigenvalue weighted by Gasteiger charge is 2.33. The van der Waals surface area contributed by atoms with Crippen LogP contribution in [0.3, 0.4) is 0 Å². The number of nitrogens with two attached hydrogens (primary N) is 1. The van der Waals surface area contributed by atoms with Gasteiger partial charge in [-0.1, -0.05) is 13.3 Å². The Kier molecular flexibility index (Phi) is 4.45. The fourth-order valence-electron chi connectivity index (χ4n) is 3.71. The van der Waals surface area contributed by atoms with Gasteiger partial charge in [0.15, 0.2) is 0 Å². The highest BCUT2D eigenvalue weighted by atomic mass is 15.3. The van der Waals surface area contributed by atoms with Gasteiger partial charge in [0.2, 0.25) is 0 Å². The topological polar surface area (TPSA) is 45.4 Å². The quantitative estimate of drug-likeness (QED) is 0.928. The van der Waals surface area contributed by atoms with E-state index in [4.69, 9.17) is 5.73 Å². The van der Waals surface area contributed by atoms with Crippen LogP contribution in [0.4, 0.5) is 5.69 Å². The van der Waals surface area contributed by atoms with Crippen LogP contribution in [0.5, 0.6) is 0 Å². The summed E-state index contributed by atoms with van der Waals surface area (Å²) < 4.78 is 0. The summed E-state index contributed by atoms with van der Waals surface area (Å²) in [6.45, 7) is 8.04. The number of piperidine rings is 1. The fourth-order valence-corrected chi connectivity index (χ4v) is 3.71. The Morgan fingerprint density at radius 1 is 1.33 bits per heavy atom. The second kappa shape index (κ2) is 6.32. The van der Waals surface area contributed by atoms with Gasteiger partial charge in [0.05, 0.1) is 17.6 Å². The number of piperazine rings is 1. The first-order chi connectivity index (χ1) is 10.2. The molecule has 0 spiro atoms. The predicted octanol–water partition coefficient (Wildman–Crippen LogP) is 2.55. The Balaban J connectivity index is 1.73. The van der Waals surface area contributed by atoms with Crippen LogP contribution in [0.25, 0.3) is 0 Å². The van der Waals surface area contributed by atoms with E-state index >= 15 is 0 Å². The number of hydrogen-bond acceptors (Lipinski definition) is 4. The molecule has 0 radical (unpaired) electrons. The van der Waals surface area contributed by atoms with Crippen molar-refractivity contribution in [1.29, 1.82) is 0 Å². The van der Waals surface area contributed by atoms with E-state index in [0.29, 0.717) is 6.04 Å². The molecule has 3 atom stereocenters. The Labute approximate surface area is 128 Å². The van der Waals surface area contributed by atoms with Gasteiger partial charge in [-0.25, -0.2) is 0 Å². The largest absolute Gasteiger partial charge is 0.365 e. The van der Waals surface area contributed by atoms with Crippen molar-refractivity contribution < 1.29 is 0 Å². The molecule has 2 aliphatic rings. The third kappa shape index (κ3) is 3.06. The second-order valence-electron chi connectivity index (χ2n) is 6.60. The van der Waals surface area contributed by atoms with E-state index in [-0.39, 0.29) is 6.04 Å². The van der Waals surface area contributed by atoms with E-state index in [2.05, 4.69) is 40.8 Å². The lowest BCUT2D eigenvalue weighted by Gasteiger charge is -2.48. The third-order valence-corrected chi connectivity index (χ3v) is 5.11. The SMILES string of the molecule is CC[C@@H](N)c1ccc(N2CC3CCCCN3CC2C)cn1. The fraction of sp³-hybridized carbons (Fsp3) is 0.706. The number of anilines is 1. The van der Waals surface area contributed by atoms with Crippen LogP contribution in [0.15, 0.2) is 18.3 Å². The maximum Gasteiger partial charge on any atom is 0.0572 e. The van der Waals surface area contributed by atoms with Gasteiger partial charge < -0.3 is 10.6 Å². The first-order valence-corrected chi connectivity index (χ1v) is 8.41. The zero-order chi connectivity index (χ0) is 14.8. The van der Waals surface area contributed by atoms with Crippen molar-refractivity contribution in [2.75, 3.05) is 24.5 Å². The predicted molar refractivity (Wildman–Crippen MR) is 87.5 cm³/mol. The Bertz CT molecular complexity index is 458. The number of rotatable bonds is 3. The van der Waals surface area contributed by atoms with E-state index in [9.17, 15) is 0 Å². The smallest absolute Gasteiger partial charge is 0.0572 e. The molecular formula is C17H28N4. The first-order valence-electron chi connectivity index (χ1n) is 8.41. The van der Waals surface area contributed by atoms with Gasteiger partial charge in [0.25, 0.3) is 0 Å². The van der Waals surface area contributed by atoms with Crippen LogP contribution >= 0.6 is 0 Å². The molecule has 4 nitrogen and oxygen atoms in total. The van der Waals surface area contributed by atoms with Gasteiger partial charge in [-0.15, -0.1) is 0 Å². The molecule has 0 bridgehead atoms. The van der Waals surface area contributed by atoms with Crippen LogP contribution in [-0.2, 0) is 0 Å². The van der Waals surface area contributed by atoms with Crippen molar-refractivity contribution in [2.45, 2.75) is 57.7 Å². The molecule has 1 aromatic heterocycles. The van der Waals surface area contributed by atoms with E-state index < -0.39 is 0 Å². The maximum atomic E-state index is 6.05. The van der Waals surface area contributed by atoms with E-state index in [1.807, 2.05) is 6.20 Å². The average molecular weight is 288 g/mol. The molecule has 2 N–H and O–H groups in total. The van der Waals surface area contributed by atoms with E-state index in [0.717, 1.165) is 24.7 Å². The molecule has 1 aromatic rings. The number of fused-ring (bicyclic) bond motifs is 1. The maximum absolute atomic E-state index is 6.05. The van der Waals surface area contributed by atoms with Crippen molar-refractivity contribution in [3.63, 3.8) is 0 Å². The Morgan fingerprint density at radius 3 is 2.90 bits per heavy atom. The molecule has 116 valence electrons. The molecule has 0 aromatic carbocycles. The summed E-state index contributed by atoms with van der Waals surface area (Å²) in [6.07, 6.45) is 7.04. The summed E-state index contributed by atoms with van der Waals surface area (Å²) in [7, 11) is 0. The lowest BCUT2D eigenvalue weighted by atomic mass is 9.97. The first kappa shape index (κ1) is 14.8. The summed E-state index contributed by atoms with van der Waals surface area (Å²) in [5, 5.41) is 0. The number of pyridine rings is 1. The summed E-state index contributed by atoms with van der Waals surface area (Å²) in [6, 6.07) is 5.65. The number of nitrogens with zero attached hydrogens (tertiary/aromatic N) is 3. The van der Waals surface area contributed by atoms with Crippen molar-refractivity contribution in [1.82, 2.24) is 9.88 Å². The van der Waals surface area contributed by atoms with Gasteiger partial charge in [-0.2, -0.15) is 0 Å². The van der Waals surface area contributed by atoms with Gasteiger partial charge >= 0.3 is 0 Å². The minimum absolute atomic E-state index is 0.0617. The summed E-state index contributed by atoms with van der Waals surface area (Å²) in [5.74, 6) is 0. The van der Waals surface area contributed by atoms with E-state index in [1.165, 1.54) is 38.0 Å². The molecule has 0 amide bonds. The highest BCUT2D eigenvalue weighted by Crippen LogP contribution is 2.28. The van der Waals surface area contributed by atoms with Crippen molar-refractivity contribution >= 4 is 5.69 Å². The molecule has 2 aliphatic heterocycles. The van der Waals surface area contributed by atoms with Crippen LogP contribution in [0.2, 0.25) is 0 Å². The minimum atomic E-state index is 0.0617. The van der Waals surface area contributed by atoms with Crippen molar-refractivity contribution in [3.05, 3.63) is 24.0 Å². The third-order valence-electron chi connectivity index (χ3n) is 5.11. The Hall–Kier alpha value is -1.13. The lowest BCUT2D eigenvalue weighted by molar-refractivity contribution is 0.115. The lowest BCUT2D eigenvalue weighted by Crippen LogP contribution is -2.58. The van der Waals surface area contributed by atoms with E-state index in [1.54, 1.807) is 0 Å². The van der Waals surface area contributed by atoms with Gasteiger partial charge in [0.1, 0.15) is 0 Å². The van der Waals surface area contributed by atoms with Gasteiger partial charge in [-0.05, 0) is 44.9 Å². The zero-order valence-electron chi connectivity index (χ0n) is 13.3. The minimum Gasteiger partial charge on any atom is -0.365 e. The highest BCUT2D eigenvalue weighted by molar-refractivity contribution is 5.47. The molecule has 3 rings (SSSR count). The molecule has 0 aliphatic carbocycles. The molecule has 4 heteroatoms. The van der Waals surface area contributed by atoms with Crippen LogP contribution in [-0.4, -0.2) is 41.6 Å².